The Hall–Kier alpha value is -3.07. The van der Waals surface area contributed by atoms with Crippen molar-refractivity contribution in [3.8, 4) is 11.5 Å². The molecule has 8 heteroatoms. The van der Waals surface area contributed by atoms with Gasteiger partial charge < -0.3 is 19.1 Å². The van der Waals surface area contributed by atoms with E-state index in [9.17, 15) is 8.42 Å². The number of hydrogen-bond donors (Lipinski definition) is 1. The van der Waals surface area contributed by atoms with Gasteiger partial charge in [0.05, 0.1) is 31.8 Å². The van der Waals surface area contributed by atoms with Gasteiger partial charge in [-0.3, -0.25) is 4.72 Å². The van der Waals surface area contributed by atoms with E-state index in [0.29, 0.717) is 18.0 Å². The number of nitrogens with one attached hydrogen (secondary N) is 1. The standard InChI is InChI=1S/C29H36N2O5S/c1-34-25-15-13-24(14-16-25)29(23-9-4-3-5-10-23)36-26-17-20-31(21-18-26)19-8-22-35-28-12-7-6-11-27(28)30-37(2,32)33/h3-7,9-16,26,29-30H,8,17-22H2,1-2H3. The number of nitrogens with zero attached hydrogens (tertiary/aromatic N) is 1. The lowest BCUT2D eigenvalue weighted by atomic mass is 10.00. The maximum Gasteiger partial charge on any atom is 0.229 e. The Bertz CT molecular complexity index is 1210. The number of piperidine rings is 1. The zero-order valence-corrected chi connectivity index (χ0v) is 22.3. The summed E-state index contributed by atoms with van der Waals surface area (Å²) in [5, 5.41) is 0. The molecule has 7 nitrogen and oxygen atoms in total. The van der Waals surface area contributed by atoms with Crippen LogP contribution >= 0.6 is 0 Å². The van der Waals surface area contributed by atoms with Crippen LogP contribution in [0.1, 0.15) is 36.5 Å². The summed E-state index contributed by atoms with van der Waals surface area (Å²) in [7, 11) is -1.68. The predicted octanol–water partition coefficient (Wildman–Crippen LogP) is 5.11. The smallest absolute Gasteiger partial charge is 0.229 e. The second kappa shape index (κ2) is 12.9. The molecule has 1 heterocycles. The second-order valence-corrected chi connectivity index (χ2v) is 11.1. The SMILES string of the molecule is COc1ccc(C(OC2CCN(CCCOc3ccccc3NS(C)(=O)=O)CC2)c2ccccc2)cc1. The van der Waals surface area contributed by atoms with Crippen molar-refractivity contribution in [1.29, 1.82) is 0 Å². The van der Waals surface area contributed by atoms with Crippen LogP contribution in [-0.2, 0) is 14.8 Å². The molecule has 0 amide bonds. The lowest BCUT2D eigenvalue weighted by Gasteiger charge is -2.34. The van der Waals surface area contributed by atoms with Crippen molar-refractivity contribution in [3.05, 3.63) is 90.0 Å². The maximum atomic E-state index is 11.6. The van der Waals surface area contributed by atoms with E-state index in [-0.39, 0.29) is 12.2 Å². The third-order valence-corrected chi connectivity index (χ3v) is 7.03. The number of methoxy groups -OCH3 is 1. The number of para-hydroxylation sites is 2. The number of anilines is 1. The van der Waals surface area contributed by atoms with Crippen molar-refractivity contribution >= 4 is 15.7 Å². The molecule has 3 aromatic carbocycles. The molecule has 0 aliphatic carbocycles. The van der Waals surface area contributed by atoms with Crippen LogP contribution in [0.5, 0.6) is 11.5 Å². The molecule has 0 aromatic heterocycles. The average Bonchev–Trinajstić information content (AvgIpc) is 2.91. The number of benzene rings is 3. The molecular weight excluding hydrogens is 488 g/mol. The fraction of sp³-hybridized carbons (Fsp3) is 0.379. The zero-order valence-electron chi connectivity index (χ0n) is 21.5. The molecule has 0 spiro atoms. The van der Waals surface area contributed by atoms with E-state index in [1.54, 1.807) is 25.3 Å². The topological polar surface area (TPSA) is 77.1 Å². The lowest BCUT2D eigenvalue weighted by Crippen LogP contribution is -2.38. The molecular formula is C29H36N2O5S. The fourth-order valence-corrected chi connectivity index (χ4v) is 5.13. The molecule has 1 aliphatic heterocycles. The fourth-order valence-electron chi connectivity index (χ4n) is 4.56. The van der Waals surface area contributed by atoms with Crippen molar-refractivity contribution in [1.82, 2.24) is 4.90 Å². The van der Waals surface area contributed by atoms with Gasteiger partial charge in [-0.1, -0.05) is 54.6 Å². The summed E-state index contributed by atoms with van der Waals surface area (Å²) in [5.41, 5.74) is 2.74. The minimum Gasteiger partial charge on any atom is -0.497 e. The minimum atomic E-state index is -3.36. The van der Waals surface area contributed by atoms with Crippen molar-refractivity contribution < 1.29 is 22.6 Å². The Balaban J connectivity index is 1.26. The summed E-state index contributed by atoms with van der Waals surface area (Å²) in [6.45, 7) is 3.39. The molecule has 1 fully saturated rings. The predicted molar refractivity (Wildman–Crippen MR) is 147 cm³/mol. The average molecular weight is 525 g/mol. The molecule has 1 aliphatic rings. The van der Waals surface area contributed by atoms with E-state index in [1.807, 2.05) is 24.3 Å². The highest BCUT2D eigenvalue weighted by Gasteiger charge is 2.24. The molecule has 3 aromatic rings. The summed E-state index contributed by atoms with van der Waals surface area (Å²) in [4.78, 5) is 2.44. The van der Waals surface area contributed by atoms with Gasteiger partial charge in [0, 0.05) is 19.6 Å². The van der Waals surface area contributed by atoms with Gasteiger partial charge in [0.2, 0.25) is 10.0 Å². The van der Waals surface area contributed by atoms with Gasteiger partial charge in [-0.15, -0.1) is 0 Å². The summed E-state index contributed by atoms with van der Waals surface area (Å²) in [5.74, 6) is 1.38. The van der Waals surface area contributed by atoms with E-state index in [1.165, 1.54) is 0 Å². The molecule has 1 saturated heterocycles. The summed E-state index contributed by atoms with van der Waals surface area (Å²) in [6.07, 6.45) is 4.02. The normalized spacial score (nSPS) is 15.7. The first kappa shape index (κ1) is 27.0. The van der Waals surface area contributed by atoms with Crippen LogP contribution in [-0.4, -0.2) is 59.0 Å². The molecule has 0 saturated carbocycles. The van der Waals surface area contributed by atoms with E-state index in [2.05, 4.69) is 46.0 Å². The minimum absolute atomic E-state index is 0.113. The molecule has 1 N–H and O–H groups in total. The zero-order chi connectivity index (χ0) is 26.1. The first-order valence-electron chi connectivity index (χ1n) is 12.7. The first-order chi connectivity index (χ1) is 17.9. The van der Waals surface area contributed by atoms with Gasteiger partial charge in [-0.05, 0) is 54.7 Å². The quantitative estimate of drug-likeness (QED) is 0.332. The highest BCUT2D eigenvalue weighted by atomic mass is 32.2. The van der Waals surface area contributed by atoms with Crippen LogP contribution in [0.3, 0.4) is 0 Å². The number of ether oxygens (including phenoxy) is 3. The number of sulfonamides is 1. The van der Waals surface area contributed by atoms with Gasteiger partial charge in [0.25, 0.3) is 0 Å². The van der Waals surface area contributed by atoms with E-state index >= 15 is 0 Å². The van der Waals surface area contributed by atoms with Gasteiger partial charge in [0.15, 0.2) is 0 Å². The number of hydrogen-bond acceptors (Lipinski definition) is 6. The van der Waals surface area contributed by atoms with Crippen molar-refractivity contribution in [2.45, 2.75) is 31.5 Å². The molecule has 1 unspecified atom stereocenters. The summed E-state index contributed by atoms with van der Waals surface area (Å²) >= 11 is 0. The molecule has 0 radical (unpaired) electrons. The van der Waals surface area contributed by atoms with Crippen LogP contribution in [0.25, 0.3) is 0 Å². The largest absolute Gasteiger partial charge is 0.497 e. The van der Waals surface area contributed by atoms with Crippen molar-refractivity contribution in [2.75, 3.05) is 44.3 Å². The molecule has 0 bridgehead atoms. The Morgan fingerprint density at radius 1 is 0.919 bits per heavy atom. The van der Waals surface area contributed by atoms with Crippen LogP contribution < -0.4 is 14.2 Å². The van der Waals surface area contributed by atoms with Gasteiger partial charge >= 0.3 is 0 Å². The highest BCUT2D eigenvalue weighted by molar-refractivity contribution is 7.92. The van der Waals surface area contributed by atoms with E-state index in [4.69, 9.17) is 14.2 Å². The first-order valence-corrected chi connectivity index (χ1v) is 14.6. The van der Waals surface area contributed by atoms with E-state index < -0.39 is 10.0 Å². The van der Waals surface area contributed by atoms with Gasteiger partial charge in [-0.25, -0.2) is 8.42 Å². The third-order valence-electron chi connectivity index (χ3n) is 6.44. The molecule has 4 rings (SSSR count). The van der Waals surface area contributed by atoms with Gasteiger partial charge in [0.1, 0.15) is 17.6 Å². The molecule has 198 valence electrons. The Kier molecular flexibility index (Phi) is 9.44. The highest BCUT2D eigenvalue weighted by Crippen LogP contribution is 2.31. The summed E-state index contributed by atoms with van der Waals surface area (Å²) in [6, 6.07) is 25.6. The van der Waals surface area contributed by atoms with E-state index in [0.717, 1.165) is 62.0 Å². The Morgan fingerprint density at radius 3 is 2.24 bits per heavy atom. The second-order valence-electron chi connectivity index (χ2n) is 9.31. The van der Waals surface area contributed by atoms with Crippen LogP contribution in [0, 0.1) is 0 Å². The number of likely N-dealkylation sites (tertiary alicyclic amines) is 1. The third kappa shape index (κ3) is 8.21. The maximum absolute atomic E-state index is 11.6. The van der Waals surface area contributed by atoms with Crippen molar-refractivity contribution in [3.63, 3.8) is 0 Å². The monoisotopic (exact) mass is 524 g/mol. The van der Waals surface area contributed by atoms with Crippen LogP contribution in [0.4, 0.5) is 5.69 Å². The Labute approximate surface area is 220 Å². The van der Waals surface area contributed by atoms with Crippen molar-refractivity contribution in [2.24, 2.45) is 0 Å². The molecule has 1 atom stereocenters. The number of rotatable bonds is 12. The lowest BCUT2D eigenvalue weighted by molar-refractivity contribution is -0.0273. The molecule has 37 heavy (non-hydrogen) atoms. The van der Waals surface area contributed by atoms with Gasteiger partial charge in [-0.2, -0.15) is 0 Å². The van der Waals surface area contributed by atoms with Crippen LogP contribution in [0.15, 0.2) is 78.9 Å². The van der Waals surface area contributed by atoms with Crippen LogP contribution in [0.2, 0.25) is 0 Å². The Morgan fingerprint density at radius 2 is 1.57 bits per heavy atom. The summed E-state index contributed by atoms with van der Waals surface area (Å²) < 4.78 is 43.5.